The summed E-state index contributed by atoms with van der Waals surface area (Å²) < 4.78 is 9.83. The molecule has 4 nitrogen and oxygen atoms in total. The van der Waals surface area contributed by atoms with Gasteiger partial charge in [0.15, 0.2) is 0 Å². The Bertz CT molecular complexity index is 414. The van der Waals surface area contributed by atoms with E-state index in [9.17, 15) is 9.59 Å². The van der Waals surface area contributed by atoms with E-state index in [1.165, 1.54) is 39.2 Å². The van der Waals surface area contributed by atoms with Crippen LogP contribution in [0.2, 0.25) is 0 Å². The van der Waals surface area contributed by atoms with Gasteiger partial charge in [-0.05, 0) is 31.8 Å². The summed E-state index contributed by atoms with van der Waals surface area (Å²) in [6.07, 6.45) is 17.5. The normalized spacial score (nSPS) is 18.1. The molecule has 1 fully saturated rings. The Hall–Kier alpha value is -1.32. The first kappa shape index (κ1) is 21.7. The molecule has 0 aromatic carbocycles. The van der Waals surface area contributed by atoms with E-state index in [0.717, 1.165) is 57.1 Å². The Morgan fingerprint density at radius 3 is 2.32 bits per heavy atom. The minimum atomic E-state index is -0.118. The van der Waals surface area contributed by atoms with Gasteiger partial charge in [0.05, 0.1) is 7.11 Å². The largest absolute Gasteiger partial charge is 0.469 e. The third kappa shape index (κ3) is 9.66. The highest BCUT2D eigenvalue weighted by Gasteiger charge is 2.36. The van der Waals surface area contributed by atoms with Crippen LogP contribution in [0.25, 0.3) is 0 Å². The van der Waals surface area contributed by atoms with E-state index in [0.29, 0.717) is 6.42 Å². The molecule has 0 saturated carbocycles. The Kier molecular flexibility index (Phi) is 12.1. The molecule has 0 spiro atoms. The van der Waals surface area contributed by atoms with Crippen molar-refractivity contribution in [3.63, 3.8) is 0 Å². The average Bonchev–Trinajstić information content (AvgIpc) is 2.61. The molecule has 144 valence electrons. The summed E-state index contributed by atoms with van der Waals surface area (Å²) in [5.74, 6) is 0.783. The van der Waals surface area contributed by atoms with Crippen LogP contribution in [0, 0.1) is 5.92 Å². The van der Waals surface area contributed by atoms with Crippen molar-refractivity contribution in [3.8, 4) is 0 Å². The van der Waals surface area contributed by atoms with Crippen LogP contribution in [0.4, 0.5) is 0 Å². The highest BCUT2D eigenvalue weighted by molar-refractivity contribution is 5.82. The minimum absolute atomic E-state index is 0.0335. The molecule has 0 amide bonds. The van der Waals surface area contributed by atoms with E-state index < -0.39 is 0 Å². The van der Waals surface area contributed by atoms with Crippen LogP contribution in [0.5, 0.6) is 0 Å². The highest BCUT2D eigenvalue weighted by atomic mass is 16.6. The summed E-state index contributed by atoms with van der Waals surface area (Å²) in [7, 11) is 1.43. The molecule has 0 aromatic heterocycles. The third-order valence-electron chi connectivity index (χ3n) is 4.85. The fraction of sp³-hybridized carbons (Fsp3) is 0.810. The van der Waals surface area contributed by atoms with Gasteiger partial charge in [-0.15, -0.1) is 0 Å². The quantitative estimate of drug-likeness (QED) is 0.280. The molecule has 0 bridgehead atoms. The lowest BCUT2D eigenvalue weighted by Crippen LogP contribution is -2.32. The predicted octanol–water partition coefficient (Wildman–Crippen LogP) is 5.70. The maximum atomic E-state index is 11.6. The Labute approximate surface area is 153 Å². The zero-order valence-corrected chi connectivity index (χ0v) is 16.2. The van der Waals surface area contributed by atoms with Crippen LogP contribution >= 0.6 is 0 Å². The molecular weight excluding hydrogens is 316 g/mol. The number of esters is 2. The van der Waals surface area contributed by atoms with Crippen molar-refractivity contribution >= 4 is 11.9 Å². The van der Waals surface area contributed by atoms with E-state index in [2.05, 4.69) is 17.7 Å². The van der Waals surface area contributed by atoms with Crippen LogP contribution in [0.15, 0.2) is 11.8 Å². The van der Waals surface area contributed by atoms with E-state index >= 15 is 0 Å². The van der Waals surface area contributed by atoms with Gasteiger partial charge in [-0.3, -0.25) is 9.59 Å². The molecule has 1 atom stereocenters. The van der Waals surface area contributed by atoms with Gasteiger partial charge < -0.3 is 9.47 Å². The van der Waals surface area contributed by atoms with Gasteiger partial charge in [0.2, 0.25) is 0 Å². The predicted molar refractivity (Wildman–Crippen MR) is 100.0 cm³/mol. The van der Waals surface area contributed by atoms with Crippen molar-refractivity contribution in [1.29, 1.82) is 0 Å². The lowest BCUT2D eigenvalue weighted by Gasteiger charge is -2.28. The molecule has 25 heavy (non-hydrogen) atoms. The maximum absolute atomic E-state index is 11.6. The van der Waals surface area contributed by atoms with Crippen LogP contribution < -0.4 is 0 Å². The number of hydrogen-bond donors (Lipinski definition) is 0. The molecule has 0 radical (unpaired) electrons. The molecule has 1 aliphatic heterocycles. The summed E-state index contributed by atoms with van der Waals surface area (Å²) in [6.45, 7) is 2.23. The van der Waals surface area contributed by atoms with Gasteiger partial charge >= 0.3 is 11.9 Å². The minimum Gasteiger partial charge on any atom is -0.469 e. The van der Waals surface area contributed by atoms with Crippen molar-refractivity contribution in [2.24, 2.45) is 5.92 Å². The van der Waals surface area contributed by atoms with Crippen molar-refractivity contribution < 1.29 is 19.1 Å². The highest BCUT2D eigenvalue weighted by Crippen LogP contribution is 2.32. The zero-order valence-electron chi connectivity index (χ0n) is 16.2. The molecular formula is C21H36O4. The van der Waals surface area contributed by atoms with Crippen molar-refractivity contribution in [1.82, 2.24) is 0 Å². The van der Waals surface area contributed by atoms with Crippen molar-refractivity contribution in [2.45, 2.75) is 96.8 Å². The summed E-state index contributed by atoms with van der Waals surface area (Å²) in [4.78, 5) is 22.6. The van der Waals surface area contributed by atoms with Crippen LogP contribution in [0.3, 0.4) is 0 Å². The summed E-state index contributed by atoms with van der Waals surface area (Å²) in [6, 6.07) is 0. The molecule has 1 unspecified atom stereocenters. The summed E-state index contributed by atoms with van der Waals surface area (Å²) in [5.41, 5.74) is 0. The van der Waals surface area contributed by atoms with E-state index in [1.807, 2.05) is 0 Å². The fourth-order valence-corrected chi connectivity index (χ4v) is 3.18. The smallest absolute Gasteiger partial charge is 0.321 e. The fourth-order valence-electron chi connectivity index (χ4n) is 3.18. The van der Waals surface area contributed by atoms with Crippen LogP contribution in [0.1, 0.15) is 96.8 Å². The number of hydrogen-bond acceptors (Lipinski definition) is 4. The molecule has 0 N–H and O–H groups in total. The number of allylic oxidation sites excluding steroid dienone is 1. The number of cyclic esters (lactones) is 1. The van der Waals surface area contributed by atoms with Crippen molar-refractivity contribution in [3.05, 3.63) is 11.8 Å². The molecule has 1 saturated heterocycles. The van der Waals surface area contributed by atoms with Gasteiger partial charge in [0.1, 0.15) is 11.7 Å². The standard InChI is InChI=1S/C21H36O4/c1-3-4-5-6-9-12-15-18-19(25-21(18)23)16-13-10-7-8-11-14-17-20(22)24-2/h16,18H,3-15,17H2,1-2H3/b19-16-. The lowest BCUT2D eigenvalue weighted by molar-refractivity contribution is -0.157. The van der Waals surface area contributed by atoms with Gasteiger partial charge in [0.25, 0.3) is 0 Å². The lowest BCUT2D eigenvalue weighted by atomic mass is 9.93. The molecule has 0 aliphatic carbocycles. The first-order valence-corrected chi connectivity index (χ1v) is 10.2. The van der Waals surface area contributed by atoms with Crippen LogP contribution in [-0.4, -0.2) is 19.0 Å². The summed E-state index contributed by atoms with van der Waals surface area (Å²) >= 11 is 0. The first-order valence-electron chi connectivity index (χ1n) is 10.2. The topological polar surface area (TPSA) is 52.6 Å². The van der Waals surface area contributed by atoms with Crippen molar-refractivity contribution in [2.75, 3.05) is 7.11 Å². The third-order valence-corrected chi connectivity index (χ3v) is 4.85. The molecule has 1 rings (SSSR count). The number of ether oxygens (including phenoxy) is 2. The van der Waals surface area contributed by atoms with E-state index in [1.54, 1.807) is 0 Å². The second-order valence-corrected chi connectivity index (χ2v) is 7.02. The number of methoxy groups -OCH3 is 1. The monoisotopic (exact) mass is 352 g/mol. The second kappa shape index (κ2) is 13.9. The Morgan fingerprint density at radius 2 is 1.64 bits per heavy atom. The maximum Gasteiger partial charge on any atom is 0.321 e. The van der Waals surface area contributed by atoms with Gasteiger partial charge in [-0.2, -0.15) is 0 Å². The van der Waals surface area contributed by atoms with Gasteiger partial charge in [-0.1, -0.05) is 64.7 Å². The Morgan fingerprint density at radius 1 is 1.00 bits per heavy atom. The van der Waals surface area contributed by atoms with Gasteiger partial charge in [0, 0.05) is 6.42 Å². The summed E-state index contributed by atoms with van der Waals surface area (Å²) in [5, 5.41) is 0. The number of unbranched alkanes of at least 4 members (excludes halogenated alkanes) is 10. The number of rotatable bonds is 15. The van der Waals surface area contributed by atoms with E-state index in [4.69, 9.17) is 4.74 Å². The van der Waals surface area contributed by atoms with E-state index in [-0.39, 0.29) is 17.9 Å². The zero-order chi connectivity index (χ0) is 18.3. The first-order chi connectivity index (χ1) is 12.2. The number of carbonyl (C=O) groups is 2. The molecule has 1 heterocycles. The second-order valence-electron chi connectivity index (χ2n) is 7.02. The SMILES string of the molecule is CCCCCCCCC1C(=O)O/C1=C\CCCCCCCC(=O)OC. The Balaban J connectivity index is 2.02. The van der Waals surface area contributed by atoms with Gasteiger partial charge in [-0.25, -0.2) is 0 Å². The average molecular weight is 353 g/mol. The molecule has 4 heteroatoms. The molecule has 0 aromatic rings. The number of carbonyl (C=O) groups excluding carboxylic acids is 2. The van der Waals surface area contributed by atoms with Crippen LogP contribution in [-0.2, 0) is 19.1 Å². The molecule has 1 aliphatic rings.